The number of aromatic nitrogens is 1. The zero-order valence-corrected chi connectivity index (χ0v) is 42.8. The molecule has 1 aromatic carbocycles. The van der Waals surface area contributed by atoms with E-state index in [1.807, 2.05) is 19.9 Å². The Labute approximate surface area is 415 Å². The average molecular weight is 1000 g/mol. The summed E-state index contributed by atoms with van der Waals surface area (Å²) in [5, 5.41) is 26.5. The van der Waals surface area contributed by atoms with Gasteiger partial charge < -0.3 is 62.7 Å². The fraction of sp³-hybridized carbons (Fsp3) is 0.633. The fourth-order valence-corrected chi connectivity index (χ4v) is 7.15. The first-order valence-corrected chi connectivity index (χ1v) is 24.2. The zero-order valence-electron chi connectivity index (χ0n) is 42.8. The molecule has 22 heteroatoms. The Kier molecular flexibility index (Phi) is 25.8. The number of pyridine rings is 1. The van der Waals surface area contributed by atoms with E-state index in [0.717, 1.165) is 5.39 Å². The molecule has 0 saturated heterocycles. The normalized spacial score (nSPS) is 14.7. The number of aliphatic hydroxyl groups excluding tert-OH is 1. The quantitative estimate of drug-likeness (QED) is 0.0367. The third-order valence-corrected chi connectivity index (χ3v) is 11.5. The number of nitrogens with one attached hydrogen (secondary N) is 6. The van der Waals surface area contributed by atoms with Crippen molar-refractivity contribution in [1.29, 1.82) is 0 Å². The molecule has 8 atom stereocenters. The standard InChI is InChI=1S/C49H77N9O13/c1-11-29(8)42(48(67)58-43(30(9)59)44(51)63)57-45(64)33(19-20-36(50)60)52-37(61)14-12-22-70-32-18-16-31-17-21-39(53-34(31)25-32)71-23-13-15-38(62)55-40(27(4)5)47(66)54-35(24-26(2)3)46(65)56-41(28(6)7)49(68)69-10/h16-18,21,25-30,33,35,40-43,59H,11-15,19-20,22-24H2,1-10H3,(H2,50,60)(H2,51,63)(H,52,61)(H,54,66)(H,55,62)(H,56,65)(H,57,64)(H,58,67)/t29-,30?,33-,35-,40-,41-,42-,43-/m0/s1. The summed E-state index contributed by atoms with van der Waals surface area (Å²) in [7, 11) is 1.24. The van der Waals surface area contributed by atoms with Crippen molar-refractivity contribution in [1.82, 2.24) is 36.9 Å². The molecule has 0 aliphatic heterocycles. The SMILES string of the molecule is CC[C@H](C)[C@H](NC(=O)[C@H](CCC(N)=O)NC(=O)CCCOc1ccc2ccc(OCCCC(=O)N[C@H](C(=O)N[C@@H](CC(C)C)C(=O)N[C@H](C(=O)OC)C(C)C)C(C)C)nc2c1)C(=O)N[C@H](C(N)=O)C(C)O. The van der Waals surface area contributed by atoms with E-state index >= 15 is 0 Å². The Bertz CT molecular complexity index is 2130. The van der Waals surface area contributed by atoms with Crippen molar-refractivity contribution in [3.05, 3.63) is 30.3 Å². The van der Waals surface area contributed by atoms with Crippen LogP contribution >= 0.6 is 0 Å². The lowest BCUT2D eigenvalue weighted by molar-refractivity contribution is -0.146. The molecule has 1 aromatic heterocycles. The Morgan fingerprint density at radius 1 is 0.634 bits per heavy atom. The van der Waals surface area contributed by atoms with Crippen LogP contribution in [0, 0.1) is 23.7 Å². The number of nitrogens with two attached hydrogens (primary N) is 2. The molecule has 1 heterocycles. The number of benzene rings is 1. The molecule has 2 rings (SSSR count). The van der Waals surface area contributed by atoms with Gasteiger partial charge in [-0.1, -0.05) is 61.8 Å². The largest absolute Gasteiger partial charge is 0.494 e. The molecule has 0 spiro atoms. The van der Waals surface area contributed by atoms with Crippen LogP contribution in [0.5, 0.6) is 11.6 Å². The van der Waals surface area contributed by atoms with Gasteiger partial charge in [-0.2, -0.15) is 0 Å². The number of hydrogen-bond donors (Lipinski definition) is 9. The summed E-state index contributed by atoms with van der Waals surface area (Å²) in [6.45, 7) is 15.9. The third-order valence-electron chi connectivity index (χ3n) is 11.5. The number of hydrogen-bond acceptors (Lipinski definition) is 14. The Balaban J connectivity index is 1.97. The molecule has 71 heavy (non-hydrogen) atoms. The topological polar surface area (TPSA) is 339 Å². The summed E-state index contributed by atoms with van der Waals surface area (Å²) < 4.78 is 16.6. The van der Waals surface area contributed by atoms with Gasteiger partial charge in [0, 0.05) is 36.8 Å². The summed E-state index contributed by atoms with van der Waals surface area (Å²) in [5.41, 5.74) is 11.2. The second-order valence-electron chi connectivity index (χ2n) is 18.8. The van der Waals surface area contributed by atoms with Crippen LogP contribution in [0.3, 0.4) is 0 Å². The van der Waals surface area contributed by atoms with Gasteiger partial charge in [-0.3, -0.25) is 38.4 Å². The number of primary amides is 2. The molecular formula is C49H77N9O13. The second-order valence-corrected chi connectivity index (χ2v) is 18.8. The minimum Gasteiger partial charge on any atom is -0.494 e. The molecule has 11 N–H and O–H groups in total. The van der Waals surface area contributed by atoms with Crippen LogP contribution in [-0.2, 0) is 47.9 Å². The van der Waals surface area contributed by atoms with Gasteiger partial charge in [-0.25, -0.2) is 9.78 Å². The zero-order chi connectivity index (χ0) is 53.5. The molecule has 2 aromatic rings. The molecule has 22 nitrogen and oxygen atoms in total. The monoisotopic (exact) mass is 1000 g/mol. The van der Waals surface area contributed by atoms with Crippen molar-refractivity contribution in [2.75, 3.05) is 20.3 Å². The number of nitrogens with zero attached hydrogens (tertiary/aromatic N) is 1. The van der Waals surface area contributed by atoms with Gasteiger partial charge in [-0.05, 0) is 74.5 Å². The lowest BCUT2D eigenvalue weighted by Crippen LogP contribution is -2.60. The maximum atomic E-state index is 13.5. The van der Waals surface area contributed by atoms with Crippen LogP contribution in [-0.4, -0.2) is 126 Å². The summed E-state index contributed by atoms with van der Waals surface area (Å²) in [6, 6.07) is 2.14. The van der Waals surface area contributed by atoms with Crippen molar-refractivity contribution in [3.8, 4) is 11.6 Å². The predicted octanol–water partition coefficient (Wildman–Crippen LogP) is 1.17. The van der Waals surface area contributed by atoms with E-state index in [1.54, 1.807) is 65.8 Å². The smallest absolute Gasteiger partial charge is 0.328 e. The highest BCUT2D eigenvalue weighted by atomic mass is 16.5. The Hall–Kier alpha value is -6.58. The van der Waals surface area contributed by atoms with Crippen LogP contribution in [0.4, 0.5) is 0 Å². The highest BCUT2D eigenvalue weighted by Crippen LogP contribution is 2.23. The number of fused-ring (bicyclic) bond motifs is 1. The minimum atomic E-state index is -1.41. The van der Waals surface area contributed by atoms with E-state index in [9.17, 15) is 48.3 Å². The maximum absolute atomic E-state index is 13.5. The summed E-state index contributed by atoms with van der Waals surface area (Å²) in [6.07, 6.45) is -0.435. The molecule has 0 aliphatic carbocycles. The highest BCUT2D eigenvalue weighted by molar-refractivity contribution is 5.95. The van der Waals surface area contributed by atoms with E-state index in [4.69, 9.17) is 25.7 Å². The van der Waals surface area contributed by atoms with Crippen molar-refractivity contribution < 1.29 is 62.5 Å². The molecule has 0 aliphatic rings. The number of methoxy groups -OCH3 is 1. The van der Waals surface area contributed by atoms with Crippen molar-refractivity contribution >= 4 is 64.1 Å². The highest BCUT2D eigenvalue weighted by Gasteiger charge is 2.35. The van der Waals surface area contributed by atoms with Crippen molar-refractivity contribution in [2.45, 2.75) is 156 Å². The van der Waals surface area contributed by atoms with Crippen LogP contribution < -0.4 is 52.8 Å². The van der Waals surface area contributed by atoms with Crippen molar-refractivity contribution in [3.63, 3.8) is 0 Å². The van der Waals surface area contributed by atoms with E-state index in [-0.39, 0.29) is 69.0 Å². The van der Waals surface area contributed by atoms with Gasteiger partial charge in [0.2, 0.25) is 53.1 Å². The molecule has 0 fully saturated rings. The van der Waals surface area contributed by atoms with Gasteiger partial charge in [0.1, 0.15) is 42.0 Å². The Morgan fingerprint density at radius 2 is 1.18 bits per heavy atom. The van der Waals surface area contributed by atoms with Gasteiger partial charge in [0.15, 0.2) is 0 Å². The van der Waals surface area contributed by atoms with E-state index < -0.39 is 95.6 Å². The van der Waals surface area contributed by atoms with Crippen LogP contribution in [0.2, 0.25) is 0 Å². The first-order valence-electron chi connectivity index (χ1n) is 24.2. The van der Waals surface area contributed by atoms with Crippen molar-refractivity contribution in [2.24, 2.45) is 35.1 Å². The van der Waals surface area contributed by atoms with Gasteiger partial charge in [0.05, 0.1) is 31.9 Å². The van der Waals surface area contributed by atoms with Crippen LogP contribution in [0.15, 0.2) is 30.3 Å². The first-order chi connectivity index (χ1) is 33.4. The average Bonchev–Trinajstić information content (AvgIpc) is 3.30. The number of aliphatic hydroxyl groups is 1. The van der Waals surface area contributed by atoms with Crippen LogP contribution in [0.1, 0.15) is 114 Å². The summed E-state index contributed by atoms with van der Waals surface area (Å²) in [4.78, 5) is 120. The summed E-state index contributed by atoms with van der Waals surface area (Å²) in [5.74, 6) is -5.98. The van der Waals surface area contributed by atoms with E-state index in [1.165, 1.54) is 14.0 Å². The van der Waals surface area contributed by atoms with Gasteiger partial charge in [0.25, 0.3) is 0 Å². The maximum Gasteiger partial charge on any atom is 0.328 e. The second kappa shape index (κ2) is 30.2. The van der Waals surface area contributed by atoms with Gasteiger partial charge in [-0.15, -0.1) is 0 Å². The minimum absolute atomic E-state index is 0.0268. The predicted molar refractivity (Wildman–Crippen MR) is 263 cm³/mol. The summed E-state index contributed by atoms with van der Waals surface area (Å²) >= 11 is 0. The number of esters is 1. The number of ether oxygens (including phenoxy) is 3. The number of rotatable bonds is 32. The first kappa shape index (κ1) is 60.5. The lowest BCUT2D eigenvalue weighted by atomic mass is 9.96. The molecule has 0 bridgehead atoms. The number of carbonyl (C=O) groups is 9. The molecule has 396 valence electrons. The van der Waals surface area contributed by atoms with Crippen LogP contribution in [0.25, 0.3) is 10.9 Å². The number of amides is 8. The molecule has 1 unspecified atom stereocenters. The van der Waals surface area contributed by atoms with E-state index in [0.29, 0.717) is 36.4 Å². The van der Waals surface area contributed by atoms with E-state index in [2.05, 4.69) is 36.9 Å². The number of carbonyl (C=O) groups excluding carboxylic acids is 9. The molecule has 0 radical (unpaired) electrons. The third kappa shape index (κ3) is 21.1. The fourth-order valence-electron chi connectivity index (χ4n) is 7.15. The molecule has 0 saturated carbocycles. The van der Waals surface area contributed by atoms with Gasteiger partial charge >= 0.3 is 5.97 Å². The Morgan fingerprint density at radius 3 is 1.73 bits per heavy atom. The molecular weight excluding hydrogens is 923 g/mol. The lowest BCUT2D eigenvalue weighted by Gasteiger charge is -2.28. The molecule has 8 amide bonds.